The average Bonchev–Trinajstić information content (AvgIpc) is 3.18. The van der Waals surface area contributed by atoms with Crippen LogP contribution in [0, 0.1) is 0 Å². The van der Waals surface area contributed by atoms with Crippen molar-refractivity contribution < 1.29 is 49.3 Å². The van der Waals surface area contributed by atoms with Gasteiger partial charge in [-0.05, 0) is 57.8 Å². The van der Waals surface area contributed by atoms with E-state index in [0.29, 0.717) is 19.4 Å². The maximum Gasteiger partial charge on any atom is 0.305 e. The van der Waals surface area contributed by atoms with Crippen LogP contribution < -0.4 is 5.32 Å². The van der Waals surface area contributed by atoms with E-state index in [1.54, 1.807) is 6.08 Å². The van der Waals surface area contributed by atoms with E-state index in [1.165, 1.54) is 302 Å². The van der Waals surface area contributed by atoms with Gasteiger partial charge in [-0.3, -0.25) is 9.59 Å². The molecule has 0 aromatic rings. The fraction of sp³-hybridized carbons (Fsp3) is 0.921. The maximum absolute atomic E-state index is 13.0. The van der Waals surface area contributed by atoms with Crippen LogP contribution in [0.5, 0.6) is 0 Å². The Hall–Kier alpha value is -1.86. The molecule has 1 rings (SSSR count). The highest BCUT2D eigenvalue weighted by molar-refractivity contribution is 5.76. The Morgan fingerprint density at radius 2 is 0.736 bits per heavy atom. The third-order valence-electron chi connectivity index (χ3n) is 18.3. The Morgan fingerprint density at radius 3 is 1.10 bits per heavy atom. The van der Waals surface area contributed by atoms with Crippen molar-refractivity contribution in [2.24, 2.45) is 0 Å². The predicted octanol–water partition coefficient (Wildman–Crippen LogP) is 20.0. The highest BCUT2D eigenvalue weighted by Gasteiger charge is 2.44. The molecule has 0 aromatic heterocycles. The van der Waals surface area contributed by atoms with Crippen molar-refractivity contribution >= 4 is 11.9 Å². The highest BCUT2D eigenvalue weighted by Crippen LogP contribution is 2.24. The number of esters is 1. The largest absolute Gasteiger partial charge is 0.466 e. The van der Waals surface area contributed by atoms with Gasteiger partial charge in [0.1, 0.15) is 24.4 Å². The molecule has 514 valence electrons. The van der Waals surface area contributed by atoms with Crippen LogP contribution in [0.3, 0.4) is 0 Å². The average molecular weight is 1230 g/mol. The first-order valence-electron chi connectivity index (χ1n) is 38.1. The van der Waals surface area contributed by atoms with E-state index in [0.717, 1.165) is 57.8 Å². The SMILES string of the molecule is CCCCCCC/C=C\CCCCCCCC(=O)OCCCCCCCCCCCCCCCCCCCCCCCCCCCCCCCCCCCCCC(=O)NC(COC1OC(CO)C(O)C(O)C1O)C(O)/C=C/CCCCCCCCCC. The van der Waals surface area contributed by atoms with E-state index < -0.39 is 49.5 Å². The summed E-state index contributed by atoms with van der Waals surface area (Å²) in [6.07, 6.45) is 73.5. The number of allylic oxidation sites excluding steroid dienone is 3. The molecule has 1 amide bonds. The monoisotopic (exact) mass is 1230 g/mol. The third kappa shape index (κ3) is 54.4. The lowest BCUT2D eigenvalue weighted by Crippen LogP contribution is -2.60. The van der Waals surface area contributed by atoms with E-state index in [4.69, 9.17) is 14.2 Å². The smallest absolute Gasteiger partial charge is 0.305 e. The van der Waals surface area contributed by atoms with E-state index >= 15 is 0 Å². The molecule has 0 bridgehead atoms. The zero-order valence-corrected chi connectivity index (χ0v) is 57.3. The summed E-state index contributed by atoms with van der Waals surface area (Å²) in [4.78, 5) is 25.1. The predicted molar refractivity (Wildman–Crippen MR) is 366 cm³/mol. The van der Waals surface area contributed by atoms with Crippen LogP contribution in [-0.4, -0.2) is 100 Å². The zero-order chi connectivity index (χ0) is 63.0. The lowest BCUT2D eigenvalue weighted by molar-refractivity contribution is -0.302. The van der Waals surface area contributed by atoms with Gasteiger partial charge in [-0.2, -0.15) is 0 Å². The van der Waals surface area contributed by atoms with Crippen molar-refractivity contribution in [1.82, 2.24) is 5.32 Å². The summed E-state index contributed by atoms with van der Waals surface area (Å²) in [5, 5.41) is 54.4. The molecule has 11 nitrogen and oxygen atoms in total. The van der Waals surface area contributed by atoms with Crippen LogP contribution in [0.25, 0.3) is 0 Å². The lowest BCUT2D eigenvalue weighted by atomic mass is 9.99. The summed E-state index contributed by atoms with van der Waals surface area (Å²) in [6, 6.07) is -0.804. The lowest BCUT2D eigenvalue weighted by Gasteiger charge is -2.40. The summed E-state index contributed by atoms with van der Waals surface area (Å²) in [5.74, 6) is -0.168. The molecular weight excluding hydrogens is 1090 g/mol. The Bertz CT molecular complexity index is 1490. The topological polar surface area (TPSA) is 175 Å². The first kappa shape index (κ1) is 83.2. The van der Waals surface area contributed by atoms with Crippen molar-refractivity contribution in [2.45, 2.75) is 429 Å². The molecule has 0 saturated carbocycles. The minimum atomic E-state index is -1.57. The molecule has 1 fully saturated rings. The van der Waals surface area contributed by atoms with Gasteiger partial charge in [-0.1, -0.05) is 340 Å². The Morgan fingerprint density at radius 1 is 0.414 bits per heavy atom. The van der Waals surface area contributed by atoms with Gasteiger partial charge in [0.05, 0.1) is 32.0 Å². The van der Waals surface area contributed by atoms with Crippen molar-refractivity contribution in [3.63, 3.8) is 0 Å². The van der Waals surface area contributed by atoms with Crippen LogP contribution in [0.1, 0.15) is 386 Å². The number of hydrogen-bond donors (Lipinski definition) is 6. The van der Waals surface area contributed by atoms with Crippen LogP contribution in [0.15, 0.2) is 24.3 Å². The number of carbonyl (C=O) groups excluding carboxylic acids is 2. The highest BCUT2D eigenvalue weighted by atomic mass is 16.7. The zero-order valence-electron chi connectivity index (χ0n) is 57.3. The van der Waals surface area contributed by atoms with Gasteiger partial charge >= 0.3 is 5.97 Å². The number of aliphatic hydroxyl groups excluding tert-OH is 5. The number of ether oxygens (including phenoxy) is 3. The second kappa shape index (κ2) is 65.6. The third-order valence-corrected chi connectivity index (χ3v) is 18.3. The number of amides is 1. The maximum atomic E-state index is 13.0. The molecule has 0 radical (unpaired) electrons. The first-order valence-corrected chi connectivity index (χ1v) is 38.1. The summed E-state index contributed by atoms with van der Waals surface area (Å²) >= 11 is 0. The number of hydrogen-bond acceptors (Lipinski definition) is 10. The van der Waals surface area contributed by atoms with Crippen molar-refractivity contribution in [3.8, 4) is 0 Å². The van der Waals surface area contributed by atoms with Gasteiger partial charge in [0, 0.05) is 12.8 Å². The minimum Gasteiger partial charge on any atom is -0.466 e. The van der Waals surface area contributed by atoms with E-state index in [9.17, 15) is 35.1 Å². The molecule has 7 unspecified atom stereocenters. The fourth-order valence-electron chi connectivity index (χ4n) is 12.3. The van der Waals surface area contributed by atoms with Gasteiger partial charge < -0.3 is 45.1 Å². The normalized spacial score (nSPS) is 17.9. The van der Waals surface area contributed by atoms with Gasteiger partial charge in [0.25, 0.3) is 0 Å². The Labute approximate surface area is 537 Å². The molecule has 1 aliphatic heterocycles. The molecule has 0 aromatic carbocycles. The molecular formula is C76H145NO10. The standard InChI is InChI=1S/C76H145NO10/c1-3-5-7-9-11-13-15-16-41-44-48-52-56-60-64-72(81)85-65-61-57-53-49-45-42-39-37-35-33-31-29-27-25-23-21-19-17-18-20-22-24-26-28-30-32-34-36-38-40-43-47-51-55-59-63-71(80)77-68(67-86-76-75(84)74(83)73(82)70(66-78)87-76)69(79)62-58-54-50-46-14-12-10-8-6-4-2/h15-16,58,62,68-70,73-76,78-79,82-84H,3-14,17-57,59-61,63-67H2,1-2H3,(H,77,80)/b16-15-,62-58+. The molecule has 1 saturated heterocycles. The number of rotatable bonds is 68. The Balaban J connectivity index is 1.87. The Kier molecular flexibility index (Phi) is 62.7. The summed E-state index contributed by atoms with van der Waals surface area (Å²) in [6.45, 7) is 4.36. The van der Waals surface area contributed by atoms with Gasteiger partial charge in [-0.15, -0.1) is 0 Å². The van der Waals surface area contributed by atoms with Crippen LogP contribution in [0.2, 0.25) is 0 Å². The quantitative estimate of drug-likeness (QED) is 0.0195. The van der Waals surface area contributed by atoms with E-state index in [1.807, 2.05) is 6.08 Å². The van der Waals surface area contributed by atoms with Crippen LogP contribution >= 0.6 is 0 Å². The molecule has 11 heteroatoms. The number of unbranched alkanes of at least 4 members (excludes halogenated alkanes) is 52. The molecule has 1 aliphatic rings. The van der Waals surface area contributed by atoms with Crippen molar-refractivity contribution in [1.29, 1.82) is 0 Å². The van der Waals surface area contributed by atoms with Crippen LogP contribution in [0.4, 0.5) is 0 Å². The molecule has 87 heavy (non-hydrogen) atoms. The van der Waals surface area contributed by atoms with E-state index in [-0.39, 0.29) is 18.5 Å². The molecule has 6 N–H and O–H groups in total. The van der Waals surface area contributed by atoms with Crippen LogP contribution in [-0.2, 0) is 23.8 Å². The number of nitrogens with one attached hydrogen (secondary N) is 1. The molecule has 7 atom stereocenters. The molecule has 0 aliphatic carbocycles. The van der Waals surface area contributed by atoms with E-state index in [2.05, 4.69) is 31.3 Å². The van der Waals surface area contributed by atoms with Gasteiger partial charge in [-0.25, -0.2) is 0 Å². The van der Waals surface area contributed by atoms with Crippen molar-refractivity contribution in [3.05, 3.63) is 24.3 Å². The molecule has 0 spiro atoms. The second-order valence-corrected chi connectivity index (χ2v) is 26.7. The van der Waals surface area contributed by atoms with Gasteiger partial charge in [0.2, 0.25) is 5.91 Å². The van der Waals surface area contributed by atoms with Gasteiger partial charge in [0.15, 0.2) is 6.29 Å². The van der Waals surface area contributed by atoms with Crippen molar-refractivity contribution in [2.75, 3.05) is 19.8 Å². The minimum absolute atomic E-state index is 0.00795. The number of carbonyl (C=O) groups is 2. The molecule has 1 heterocycles. The fourth-order valence-corrected chi connectivity index (χ4v) is 12.3. The second-order valence-electron chi connectivity index (χ2n) is 26.7. The summed E-state index contributed by atoms with van der Waals surface area (Å²) in [5.41, 5.74) is 0. The first-order chi connectivity index (χ1) is 42.7. The number of aliphatic hydroxyl groups is 5. The summed E-state index contributed by atoms with van der Waals surface area (Å²) in [7, 11) is 0. The summed E-state index contributed by atoms with van der Waals surface area (Å²) < 4.78 is 16.7.